The van der Waals surface area contributed by atoms with Gasteiger partial charge in [0.2, 0.25) is 0 Å². The van der Waals surface area contributed by atoms with Gasteiger partial charge in [-0.2, -0.15) is 13.9 Å². The molecule has 7 nitrogen and oxygen atoms in total. The smallest absolute Gasteiger partial charge is 0.333 e. The second-order valence-corrected chi connectivity index (χ2v) is 7.15. The molecule has 2 aromatic rings. The minimum absolute atomic E-state index is 0.105. The number of carbonyl (C=O) groups is 1. The van der Waals surface area contributed by atoms with Gasteiger partial charge in [0.05, 0.1) is 11.2 Å². The zero-order chi connectivity index (χ0) is 23.0. The second kappa shape index (κ2) is 8.42. The van der Waals surface area contributed by atoms with Crippen LogP contribution in [0, 0.1) is 5.82 Å². The molecule has 0 saturated heterocycles. The highest BCUT2D eigenvalue weighted by Gasteiger charge is 2.56. The summed E-state index contributed by atoms with van der Waals surface area (Å²) in [6.07, 6.45) is 0.426. The maximum absolute atomic E-state index is 15.0. The Labute approximate surface area is 178 Å². The molecule has 1 aliphatic heterocycles. The predicted molar refractivity (Wildman–Crippen MR) is 102 cm³/mol. The molecule has 1 aromatic carbocycles. The van der Waals surface area contributed by atoms with E-state index in [9.17, 15) is 26.7 Å². The molecule has 1 atom stereocenters. The van der Waals surface area contributed by atoms with Crippen molar-refractivity contribution in [3.63, 3.8) is 0 Å². The number of halogens is 6. The van der Waals surface area contributed by atoms with Crippen LogP contribution in [-0.2, 0) is 10.3 Å². The van der Waals surface area contributed by atoms with Gasteiger partial charge >= 0.3 is 6.55 Å². The molecule has 0 aliphatic carbocycles. The number of anilines is 1. The van der Waals surface area contributed by atoms with E-state index in [-0.39, 0.29) is 34.3 Å². The van der Waals surface area contributed by atoms with Crippen LogP contribution in [0.25, 0.3) is 0 Å². The number of carbonyl (C=O) groups excluding carboxylic acids is 1. The van der Waals surface area contributed by atoms with Crippen LogP contribution >= 0.6 is 11.6 Å². The highest BCUT2D eigenvalue weighted by Crippen LogP contribution is 2.46. The van der Waals surface area contributed by atoms with Crippen molar-refractivity contribution in [2.24, 2.45) is 10.7 Å². The molecule has 31 heavy (non-hydrogen) atoms. The summed E-state index contributed by atoms with van der Waals surface area (Å²) in [5.74, 6) is -5.85. The average Bonchev–Trinajstić information content (AvgIpc) is 3.04. The van der Waals surface area contributed by atoms with Gasteiger partial charge in [0.25, 0.3) is 11.8 Å². The number of nitrogens with zero attached hydrogens (tertiary/aromatic N) is 3. The summed E-state index contributed by atoms with van der Waals surface area (Å²) in [6, 6.07) is 2.95. The van der Waals surface area contributed by atoms with Gasteiger partial charge in [-0.25, -0.2) is 17.9 Å². The van der Waals surface area contributed by atoms with Crippen LogP contribution in [0.4, 0.5) is 27.6 Å². The van der Waals surface area contributed by atoms with Crippen LogP contribution in [0.2, 0.25) is 5.02 Å². The van der Waals surface area contributed by atoms with Crippen LogP contribution in [0.3, 0.4) is 0 Å². The number of nitrogens with two attached hydrogens (primary N) is 1. The fourth-order valence-corrected chi connectivity index (χ4v) is 3.50. The number of rotatable bonds is 5. The summed E-state index contributed by atoms with van der Waals surface area (Å²) in [4.78, 5) is 16.3. The topological polar surface area (TPSA) is 94.5 Å². The van der Waals surface area contributed by atoms with Gasteiger partial charge in [0, 0.05) is 11.3 Å². The van der Waals surface area contributed by atoms with Crippen LogP contribution in [-0.4, -0.2) is 40.7 Å². The number of hydrogen-bond donors (Lipinski definition) is 2. The van der Waals surface area contributed by atoms with E-state index in [1.54, 1.807) is 0 Å². The molecule has 1 aliphatic rings. The Morgan fingerprint density at radius 1 is 1.42 bits per heavy atom. The fraction of sp³-hybridized carbons (Fsp3) is 0.389. The Morgan fingerprint density at radius 3 is 2.74 bits per heavy atom. The predicted octanol–water partition coefficient (Wildman–Crippen LogP) is 3.95. The molecule has 0 bridgehead atoms. The third kappa shape index (κ3) is 4.22. The molecule has 0 radical (unpaired) electrons. The number of benzene rings is 1. The summed E-state index contributed by atoms with van der Waals surface area (Å²) >= 11 is 5.76. The maximum atomic E-state index is 15.0. The molecule has 0 fully saturated rings. The van der Waals surface area contributed by atoms with E-state index in [1.165, 1.54) is 6.92 Å². The first-order valence-electron chi connectivity index (χ1n) is 8.94. The molecule has 2 heterocycles. The Kier molecular flexibility index (Phi) is 6.23. The number of hydrogen-bond acceptors (Lipinski definition) is 5. The Morgan fingerprint density at radius 2 is 2.13 bits per heavy atom. The van der Waals surface area contributed by atoms with Gasteiger partial charge in [0.15, 0.2) is 11.2 Å². The van der Waals surface area contributed by atoms with E-state index in [2.05, 4.69) is 15.4 Å². The lowest BCUT2D eigenvalue weighted by molar-refractivity contribution is -0.123. The summed E-state index contributed by atoms with van der Waals surface area (Å²) in [5, 5.41) is 5.32. The van der Waals surface area contributed by atoms with Gasteiger partial charge in [-0.1, -0.05) is 18.5 Å². The van der Waals surface area contributed by atoms with Crippen LogP contribution in [0.15, 0.2) is 29.4 Å². The largest absolute Gasteiger partial charge is 0.385 e. The van der Waals surface area contributed by atoms with E-state index < -0.39 is 47.6 Å². The van der Waals surface area contributed by atoms with E-state index >= 15 is 0 Å². The first-order valence-corrected chi connectivity index (χ1v) is 9.32. The molecule has 0 spiro atoms. The van der Waals surface area contributed by atoms with Crippen LogP contribution in [0.5, 0.6) is 0 Å². The van der Waals surface area contributed by atoms with Crippen molar-refractivity contribution in [2.45, 2.75) is 31.4 Å². The van der Waals surface area contributed by atoms with Gasteiger partial charge in [0.1, 0.15) is 24.9 Å². The van der Waals surface area contributed by atoms with Crippen LogP contribution < -0.4 is 11.1 Å². The van der Waals surface area contributed by atoms with Crippen molar-refractivity contribution in [1.29, 1.82) is 0 Å². The van der Waals surface area contributed by atoms with E-state index in [0.29, 0.717) is 0 Å². The number of amidine groups is 1. The van der Waals surface area contributed by atoms with E-state index in [4.69, 9.17) is 22.1 Å². The summed E-state index contributed by atoms with van der Waals surface area (Å²) in [7, 11) is 0. The molecule has 3 rings (SSSR count). The molecule has 0 saturated carbocycles. The molecular weight excluding hydrogens is 449 g/mol. The summed E-state index contributed by atoms with van der Waals surface area (Å²) in [6.45, 7) is -3.02. The van der Waals surface area contributed by atoms with Gasteiger partial charge in [-0.05, 0) is 24.6 Å². The number of alkyl halides is 4. The van der Waals surface area contributed by atoms with Crippen molar-refractivity contribution in [1.82, 2.24) is 9.78 Å². The lowest BCUT2D eigenvalue weighted by atomic mass is 9.81. The number of amides is 1. The van der Waals surface area contributed by atoms with Crippen LogP contribution in [0.1, 0.15) is 35.9 Å². The number of aromatic nitrogens is 2. The van der Waals surface area contributed by atoms with Gasteiger partial charge in [-0.3, -0.25) is 9.79 Å². The van der Waals surface area contributed by atoms with Gasteiger partial charge in [-0.15, -0.1) is 0 Å². The van der Waals surface area contributed by atoms with Crippen molar-refractivity contribution in [3.05, 3.63) is 46.5 Å². The molecule has 1 aromatic heterocycles. The lowest BCUT2D eigenvalue weighted by Gasteiger charge is -2.36. The monoisotopic (exact) mass is 465 g/mol. The van der Waals surface area contributed by atoms with Crippen molar-refractivity contribution >= 4 is 29.0 Å². The number of ether oxygens (including phenoxy) is 1. The highest BCUT2D eigenvalue weighted by molar-refractivity contribution is 6.34. The molecular formula is C18H17ClF5N5O2. The third-order valence-corrected chi connectivity index (χ3v) is 5.03. The Bertz CT molecular complexity index is 1030. The molecule has 168 valence electrons. The van der Waals surface area contributed by atoms with Crippen molar-refractivity contribution in [2.75, 3.05) is 18.5 Å². The standard InChI is InChI=1S/C18H17ClF5N5O2/c1-2-17(18(23,24)8-31-7-13(25)27-17)10-5-9(3-4-12(10)20)26-15(30)14-11(19)6-29(28-14)16(21)22/h3-6,16H,2,7-8H2,1H3,(H2,25,27)(H,26,30). The Hall–Kier alpha value is -2.73. The molecule has 1 amide bonds. The van der Waals surface area contributed by atoms with Crippen molar-refractivity contribution in [3.8, 4) is 0 Å². The second-order valence-electron chi connectivity index (χ2n) is 6.75. The SMILES string of the molecule is CCC1(c2cc(NC(=O)c3nn(C(F)F)cc3Cl)ccc2F)N=C(N)COCC1(F)F. The first-order chi connectivity index (χ1) is 14.5. The molecule has 13 heteroatoms. The molecule has 3 N–H and O–H groups in total. The summed E-state index contributed by atoms with van der Waals surface area (Å²) in [5.41, 5.74) is 2.12. The zero-order valence-corrected chi connectivity index (χ0v) is 16.8. The third-order valence-electron chi connectivity index (χ3n) is 4.76. The van der Waals surface area contributed by atoms with Gasteiger partial charge < -0.3 is 15.8 Å². The van der Waals surface area contributed by atoms with E-state index in [0.717, 1.165) is 24.4 Å². The quantitative estimate of drug-likeness (QED) is 0.654. The maximum Gasteiger partial charge on any atom is 0.333 e. The minimum Gasteiger partial charge on any atom is -0.385 e. The normalized spacial score (nSPS) is 21.0. The zero-order valence-electron chi connectivity index (χ0n) is 16.0. The molecule has 1 unspecified atom stereocenters. The number of nitrogens with one attached hydrogen (secondary N) is 1. The van der Waals surface area contributed by atoms with Crippen molar-refractivity contribution < 1.29 is 31.5 Å². The first kappa shape index (κ1) is 22.9. The number of aliphatic imine (C=N–C) groups is 1. The highest BCUT2D eigenvalue weighted by atomic mass is 35.5. The Balaban J connectivity index is 2.02. The average molecular weight is 466 g/mol. The lowest BCUT2D eigenvalue weighted by Crippen LogP contribution is -2.47. The minimum atomic E-state index is -3.62. The fourth-order valence-electron chi connectivity index (χ4n) is 3.28. The van der Waals surface area contributed by atoms with E-state index in [1.807, 2.05) is 0 Å². The summed E-state index contributed by atoms with van der Waals surface area (Å²) < 4.78 is 75.1.